The summed E-state index contributed by atoms with van der Waals surface area (Å²) in [6.07, 6.45) is 1.69. The van der Waals surface area contributed by atoms with Gasteiger partial charge in [0.15, 0.2) is 0 Å². The maximum Gasteiger partial charge on any atom is 0.251 e. The van der Waals surface area contributed by atoms with Crippen LogP contribution in [0.4, 0.5) is 0 Å². The monoisotopic (exact) mass is 282 g/mol. The van der Waals surface area contributed by atoms with Crippen LogP contribution in [0.1, 0.15) is 27.0 Å². The molecule has 0 atom stereocenters. The predicted octanol–water partition coefficient (Wildman–Crippen LogP) is 2.47. The average Bonchev–Trinajstić information content (AvgIpc) is 2.50. The molecule has 3 heteroatoms. The van der Waals surface area contributed by atoms with Crippen molar-refractivity contribution in [1.29, 1.82) is 0 Å². The molecule has 0 unspecified atom stereocenters. The van der Waals surface area contributed by atoms with Gasteiger partial charge in [-0.2, -0.15) is 0 Å². The fourth-order valence-corrected chi connectivity index (χ4v) is 2.29. The molecule has 0 saturated heterocycles. The van der Waals surface area contributed by atoms with Crippen LogP contribution in [0.2, 0.25) is 0 Å². The minimum atomic E-state index is -0.0251. The molecule has 1 amide bonds. The lowest BCUT2D eigenvalue weighted by Gasteiger charge is -2.08. The van der Waals surface area contributed by atoms with Gasteiger partial charge in [-0.05, 0) is 55.1 Å². The Balaban J connectivity index is 1.85. The SMILES string of the molecule is Cc1ccccc1CCNC(=O)c1ccc(CCN)cc1. The Morgan fingerprint density at radius 3 is 2.43 bits per heavy atom. The fraction of sp³-hybridized carbons (Fsp3) is 0.278. The van der Waals surface area contributed by atoms with E-state index in [0.29, 0.717) is 18.7 Å². The van der Waals surface area contributed by atoms with Crippen LogP contribution in [-0.4, -0.2) is 19.0 Å². The second-order valence-electron chi connectivity index (χ2n) is 5.17. The molecule has 0 heterocycles. The maximum atomic E-state index is 12.1. The average molecular weight is 282 g/mol. The first-order valence-electron chi connectivity index (χ1n) is 7.32. The zero-order chi connectivity index (χ0) is 15.1. The van der Waals surface area contributed by atoms with Crippen molar-refractivity contribution in [2.75, 3.05) is 13.1 Å². The molecule has 21 heavy (non-hydrogen) atoms. The summed E-state index contributed by atoms with van der Waals surface area (Å²) >= 11 is 0. The summed E-state index contributed by atoms with van der Waals surface area (Å²) in [5, 5.41) is 2.96. The molecule has 2 aromatic carbocycles. The zero-order valence-electron chi connectivity index (χ0n) is 12.4. The van der Waals surface area contributed by atoms with Crippen molar-refractivity contribution in [3.05, 3.63) is 70.8 Å². The summed E-state index contributed by atoms with van der Waals surface area (Å²) in [4.78, 5) is 12.1. The Hall–Kier alpha value is -2.13. The first-order chi connectivity index (χ1) is 10.2. The summed E-state index contributed by atoms with van der Waals surface area (Å²) in [6.45, 7) is 3.36. The van der Waals surface area contributed by atoms with Gasteiger partial charge in [0.2, 0.25) is 0 Å². The van der Waals surface area contributed by atoms with Gasteiger partial charge in [0.05, 0.1) is 0 Å². The summed E-state index contributed by atoms with van der Waals surface area (Å²) in [5.74, 6) is -0.0251. The number of carbonyl (C=O) groups excluding carboxylic acids is 1. The van der Waals surface area contributed by atoms with Crippen LogP contribution in [0, 0.1) is 6.92 Å². The number of hydrogen-bond donors (Lipinski definition) is 2. The van der Waals surface area contributed by atoms with E-state index in [1.165, 1.54) is 11.1 Å². The molecule has 0 aliphatic rings. The van der Waals surface area contributed by atoms with E-state index in [-0.39, 0.29) is 5.91 Å². The van der Waals surface area contributed by atoms with Crippen molar-refractivity contribution in [2.24, 2.45) is 5.73 Å². The number of hydrogen-bond acceptors (Lipinski definition) is 2. The van der Waals surface area contributed by atoms with E-state index in [2.05, 4.69) is 24.4 Å². The zero-order valence-corrected chi connectivity index (χ0v) is 12.4. The molecule has 0 radical (unpaired) electrons. The topological polar surface area (TPSA) is 55.1 Å². The molecule has 0 spiro atoms. The van der Waals surface area contributed by atoms with Crippen LogP contribution in [-0.2, 0) is 12.8 Å². The van der Waals surface area contributed by atoms with Gasteiger partial charge < -0.3 is 11.1 Å². The highest BCUT2D eigenvalue weighted by Crippen LogP contribution is 2.08. The van der Waals surface area contributed by atoms with Gasteiger partial charge in [-0.3, -0.25) is 4.79 Å². The number of nitrogens with two attached hydrogens (primary N) is 1. The van der Waals surface area contributed by atoms with Gasteiger partial charge in [0.25, 0.3) is 5.91 Å². The highest BCUT2D eigenvalue weighted by Gasteiger charge is 2.05. The number of aryl methyl sites for hydroxylation is 1. The van der Waals surface area contributed by atoms with Crippen molar-refractivity contribution < 1.29 is 4.79 Å². The maximum absolute atomic E-state index is 12.1. The van der Waals surface area contributed by atoms with E-state index in [9.17, 15) is 4.79 Å². The van der Waals surface area contributed by atoms with Gasteiger partial charge in [-0.1, -0.05) is 36.4 Å². The van der Waals surface area contributed by atoms with Crippen LogP contribution < -0.4 is 11.1 Å². The van der Waals surface area contributed by atoms with Crippen molar-refractivity contribution in [2.45, 2.75) is 19.8 Å². The highest BCUT2D eigenvalue weighted by molar-refractivity contribution is 5.94. The van der Waals surface area contributed by atoms with Gasteiger partial charge in [-0.25, -0.2) is 0 Å². The van der Waals surface area contributed by atoms with E-state index >= 15 is 0 Å². The standard InChI is InChI=1S/C18H22N2O/c1-14-4-2-3-5-16(14)11-13-20-18(21)17-8-6-15(7-9-17)10-12-19/h2-9H,10-13,19H2,1H3,(H,20,21). The van der Waals surface area contributed by atoms with E-state index in [1.807, 2.05) is 36.4 Å². The van der Waals surface area contributed by atoms with Crippen LogP contribution in [0.25, 0.3) is 0 Å². The molecule has 3 N–H and O–H groups in total. The molecule has 0 saturated carbocycles. The van der Waals surface area contributed by atoms with Crippen LogP contribution in [0.15, 0.2) is 48.5 Å². The van der Waals surface area contributed by atoms with Crippen LogP contribution in [0.3, 0.4) is 0 Å². The highest BCUT2D eigenvalue weighted by atomic mass is 16.1. The third-order valence-corrected chi connectivity index (χ3v) is 3.59. The Morgan fingerprint density at radius 2 is 1.76 bits per heavy atom. The first-order valence-corrected chi connectivity index (χ1v) is 7.32. The lowest BCUT2D eigenvalue weighted by Crippen LogP contribution is -2.25. The van der Waals surface area contributed by atoms with Crippen LogP contribution >= 0.6 is 0 Å². The molecule has 2 aromatic rings. The Bertz CT molecular complexity index is 590. The molecule has 0 fully saturated rings. The third kappa shape index (κ3) is 4.43. The number of rotatable bonds is 6. The van der Waals surface area contributed by atoms with E-state index in [0.717, 1.165) is 18.4 Å². The lowest BCUT2D eigenvalue weighted by atomic mass is 10.1. The number of nitrogens with one attached hydrogen (secondary N) is 1. The van der Waals surface area contributed by atoms with Crippen molar-refractivity contribution >= 4 is 5.91 Å². The summed E-state index contributed by atoms with van der Waals surface area (Å²) < 4.78 is 0. The van der Waals surface area contributed by atoms with Gasteiger partial charge in [0.1, 0.15) is 0 Å². The van der Waals surface area contributed by atoms with Crippen molar-refractivity contribution in [3.8, 4) is 0 Å². The van der Waals surface area contributed by atoms with E-state index < -0.39 is 0 Å². The first kappa shape index (κ1) is 15.3. The van der Waals surface area contributed by atoms with Crippen molar-refractivity contribution in [1.82, 2.24) is 5.32 Å². The molecule has 0 aliphatic carbocycles. The van der Waals surface area contributed by atoms with Crippen LogP contribution in [0.5, 0.6) is 0 Å². The molecule has 0 aromatic heterocycles. The summed E-state index contributed by atoms with van der Waals surface area (Å²) in [5.41, 5.74) is 9.90. The summed E-state index contributed by atoms with van der Waals surface area (Å²) in [6, 6.07) is 15.9. The van der Waals surface area contributed by atoms with Gasteiger partial charge >= 0.3 is 0 Å². The Labute approximate surface area is 126 Å². The molecule has 0 bridgehead atoms. The Kier molecular flexibility index (Phi) is 5.52. The molecular weight excluding hydrogens is 260 g/mol. The van der Waals surface area contributed by atoms with Crippen molar-refractivity contribution in [3.63, 3.8) is 0 Å². The largest absolute Gasteiger partial charge is 0.352 e. The smallest absolute Gasteiger partial charge is 0.251 e. The normalized spacial score (nSPS) is 10.4. The summed E-state index contributed by atoms with van der Waals surface area (Å²) in [7, 11) is 0. The molecule has 2 rings (SSSR count). The minimum absolute atomic E-state index is 0.0251. The third-order valence-electron chi connectivity index (χ3n) is 3.59. The van der Waals surface area contributed by atoms with Gasteiger partial charge in [-0.15, -0.1) is 0 Å². The minimum Gasteiger partial charge on any atom is -0.352 e. The molecule has 110 valence electrons. The second kappa shape index (κ2) is 7.60. The lowest BCUT2D eigenvalue weighted by molar-refractivity contribution is 0.0954. The molecule has 3 nitrogen and oxygen atoms in total. The van der Waals surface area contributed by atoms with Gasteiger partial charge in [0, 0.05) is 12.1 Å². The fourth-order valence-electron chi connectivity index (χ4n) is 2.29. The Morgan fingerprint density at radius 1 is 1.05 bits per heavy atom. The van der Waals surface area contributed by atoms with E-state index in [4.69, 9.17) is 5.73 Å². The molecule has 0 aliphatic heterocycles. The number of benzene rings is 2. The second-order valence-corrected chi connectivity index (χ2v) is 5.17. The number of carbonyl (C=O) groups is 1. The predicted molar refractivity (Wildman–Crippen MR) is 86.4 cm³/mol. The molecular formula is C18H22N2O. The number of amides is 1. The van der Waals surface area contributed by atoms with E-state index in [1.54, 1.807) is 0 Å². The quantitative estimate of drug-likeness (QED) is 0.855.